The van der Waals surface area contributed by atoms with Crippen molar-refractivity contribution in [1.82, 2.24) is 10.2 Å². The lowest BCUT2D eigenvalue weighted by Crippen LogP contribution is -2.20. The van der Waals surface area contributed by atoms with Crippen LogP contribution in [0.2, 0.25) is 0 Å². The van der Waals surface area contributed by atoms with Crippen LogP contribution in [0.15, 0.2) is 66.1 Å². The minimum Gasteiger partial charge on any atom is -0.494 e. The average molecular weight is 358 g/mol. The first-order valence-electron chi connectivity index (χ1n) is 8.67. The van der Waals surface area contributed by atoms with Gasteiger partial charge in [-0.25, -0.2) is 0 Å². The zero-order valence-corrected chi connectivity index (χ0v) is 14.8. The van der Waals surface area contributed by atoms with Gasteiger partial charge in [-0.05, 0) is 36.8 Å². The first-order chi connectivity index (χ1) is 13.2. The van der Waals surface area contributed by atoms with E-state index < -0.39 is 0 Å². The molecule has 134 valence electrons. The Kier molecular flexibility index (Phi) is 4.27. The molecule has 0 radical (unpaired) electrons. The Balaban J connectivity index is 1.86. The maximum absolute atomic E-state index is 9.70. The predicted octanol–water partition coefficient (Wildman–Crippen LogP) is 3.69. The lowest BCUT2D eigenvalue weighted by atomic mass is 9.83. The van der Waals surface area contributed by atoms with Gasteiger partial charge in [0.1, 0.15) is 17.4 Å². The topological polar surface area (TPSA) is 97.0 Å². The number of fused-ring (bicyclic) bond motifs is 1. The van der Waals surface area contributed by atoms with Gasteiger partial charge < -0.3 is 15.2 Å². The molecule has 2 aromatic carbocycles. The standard InChI is InChI=1S/C21H18N4O2/c1-2-26-15-10-8-14(9-11-15)19-18-17(13-6-4-3-5-7-13)16(12-22)20(23)27-21(18)25-24-19/h3-11,17H,2,23H2,1H3,(H,24,25)/t17-/m0/s1. The molecule has 0 aliphatic carbocycles. The van der Waals surface area contributed by atoms with Gasteiger partial charge in [0.05, 0.1) is 23.8 Å². The summed E-state index contributed by atoms with van der Waals surface area (Å²) in [4.78, 5) is 0. The van der Waals surface area contributed by atoms with Crippen molar-refractivity contribution in [2.75, 3.05) is 6.61 Å². The number of aromatic nitrogens is 2. The van der Waals surface area contributed by atoms with Crippen LogP contribution in [0.5, 0.6) is 11.6 Å². The summed E-state index contributed by atoms with van der Waals surface area (Å²) in [5.74, 6) is 0.931. The molecule has 0 saturated heterocycles. The number of H-pyrrole nitrogens is 1. The molecule has 27 heavy (non-hydrogen) atoms. The molecule has 0 saturated carbocycles. The van der Waals surface area contributed by atoms with Gasteiger partial charge in [0.25, 0.3) is 0 Å². The van der Waals surface area contributed by atoms with Crippen molar-refractivity contribution >= 4 is 0 Å². The van der Waals surface area contributed by atoms with Crippen molar-refractivity contribution in [1.29, 1.82) is 5.26 Å². The summed E-state index contributed by atoms with van der Waals surface area (Å²) in [5.41, 5.74) is 9.85. The molecular weight excluding hydrogens is 340 g/mol. The smallest absolute Gasteiger partial charge is 0.244 e. The van der Waals surface area contributed by atoms with E-state index in [1.54, 1.807) is 0 Å². The first kappa shape index (κ1) is 16.7. The molecule has 0 spiro atoms. The van der Waals surface area contributed by atoms with Crippen molar-refractivity contribution < 1.29 is 9.47 Å². The summed E-state index contributed by atoms with van der Waals surface area (Å²) < 4.78 is 11.1. The van der Waals surface area contributed by atoms with E-state index in [0.29, 0.717) is 18.1 Å². The van der Waals surface area contributed by atoms with E-state index in [2.05, 4.69) is 16.3 Å². The van der Waals surface area contributed by atoms with Crippen LogP contribution in [-0.4, -0.2) is 16.8 Å². The summed E-state index contributed by atoms with van der Waals surface area (Å²) in [6.07, 6.45) is 0. The normalized spacial score (nSPS) is 15.6. The molecule has 0 unspecified atom stereocenters. The van der Waals surface area contributed by atoms with Gasteiger partial charge in [0.15, 0.2) is 0 Å². The fourth-order valence-corrected chi connectivity index (χ4v) is 3.33. The molecule has 1 aliphatic heterocycles. The number of nitrogens with two attached hydrogens (primary N) is 1. The first-order valence-corrected chi connectivity index (χ1v) is 8.67. The summed E-state index contributed by atoms with van der Waals surface area (Å²) in [7, 11) is 0. The maximum atomic E-state index is 9.70. The molecule has 0 bridgehead atoms. The average Bonchev–Trinajstić information content (AvgIpc) is 3.11. The molecule has 6 heteroatoms. The fourth-order valence-electron chi connectivity index (χ4n) is 3.33. The molecule has 0 amide bonds. The number of nitrogens with one attached hydrogen (secondary N) is 1. The lowest BCUT2D eigenvalue weighted by Gasteiger charge is -2.24. The van der Waals surface area contributed by atoms with Gasteiger partial charge in [-0.3, -0.25) is 5.10 Å². The molecule has 2 heterocycles. The van der Waals surface area contributed by atoms with Gasteiger partial charge in [0, 0.05) is 5.56 Å². The van der Waals surface area contributed by atoms with E-state index >= 15 is 0 Å². The summed E-state index contributed by atoms with van der Waals surface area (Å²) in [6.45, 7) is 2.56. The van der Waals surface area contributed by atoms with E-state index in [1.807, 2.05) is 61.5 Å². The monoisotopic (exact) mass is 358 g/mol. The predicted molar refractivity (Wildman–Crippen MR) is 101 cm³/mol. The Morgan fingerprint density at radius 1 is 1.19 bits per heavy atom. The van der Waals surface area contributed by atoms with E-state index in [9.17, 15) is 5.26 Å². The second-order valence-electron chi connectivity index (χ2n) is 6.11. The van der Waals surface area contributed by atoms with Crippen LogP contribution in [-0.2, 0) is 0 Å². The van der Waals surface area contributed by atoms with Crippen molar-refractivity contribution in [3.63, 3.8) is 0 Å². The number of ether oxygens (including phenoxy) is 2. The molecule has 3 N–H and O–H groups in total. The highest BCUT2D eigenvalue weighted by molar-refractivity contribution is 5.71. The third-order valence-electron chi connectivity index (χ3n) is 4.53. The van der Waals surface area contributed by atoms with Crippen molar-refractivity contribution in [2.24, 2.45) is 5.73 Å². The van der Waals surface area contributed by atoms with E-state index in [4.69, 9.17) is 15.2 Å². The van der Waals surface area contributed by atoms with Gasteiger partial charge >= 0.3 is 0 Å². The number of nitrogens with zero attached hydrogens (tertiary/aromatic N) is 2. The lowest BCUT2D eigenvalue weighted by molar-refractivity contribution is 0.340. The van der Waals surface area contributed by atoms with Gasteiger partial charge in [0.2, 0.25) is 11.8 Å². The Morgan fingerprint density at radius 3 is 2.59 bits per heavy atom. The Labute approximate surface area is 156 Å². The van der Waals surface area contributed by atoms with Crippen molar-refractivity contribution in [2.45, 2.75) is 12.8 Å². The van der Waals surface area contributed by atoms with Crippen molar-refractivity contribution in [3.8, 4) is 29.0 Å². The Morgan fingerprint density at radius 2 is 1.93 bits per heavy atom. The third kappa shape index (κ3) is 2.89. The minimum atomic E-state index is -0.347. The van der Waals surface area contributed by atoms with Gasteiger partial charge in [-0.15, -0.1) is 5.10 Å². The van der Waals surface area contributed by atoms with Gasteiger partial charge in [-0.1, -0.05) is 30.3 Å². The SMILES string of the molecule is CCOc1ccc(-c2[nH]nc3c2[C@@H](c2ccccc2)C(C#N)=C(N)O3)cc1. The molecule has 1 atom stereocenters. The maximum Gasteiger partial charge on any atom is 0.244 e. The number of hydrogen-bond donors (Lipinski definition) is 2. The number of rotatable bonds is 4. The highest BCUT2D eigenvalue weighted by atomic mass is 16.5. The molecule has 6 nitrogen and oxygen atoms in total. The molecular formula is C21H18N4O2. The third-order valence-corrected chi connectivity index (χ3v) is 4.53. The highest BCUT2D eigenvalue weighted by Crippen LogP contribution is 2.45. The van der Waals surface area contributed by atoms with E-state index in [-0.39, 0.29) is 11.8 Å². The number of benzene rings is 2. The van der Waals surface area contributed by atoms with Crippen LogP contribution >= 0.6 is 0 Å². The quantitative estimate of drug-likeness (QED) is 0.741. The number of nitriles is 1. The van der Waals surface area contributed by atoms with E-state index in [0.717, 1.165) is 28.1 Å². The molecule has 4 rings (SSSR count). The fraction of sp³-hybridized carbons (Fsp3) is 0.143. The zero-order chi connectivity index (χ0) is 18.8. The minimum absolute atomic E-state index is 0.0867. The van der Waals surface area contributed by atoms with Crippen LogP contribution in [0.25, 0.3) is 11.3 Å². The summed E-state index contributed by atoms with van der Waals surface area (Å²) in [5, 5.41) is 17.0. The van der Waals surface area contributed by atoms with Crippen LogP contribution < -0.4 is 15.2 Å². The second-order valence-corrected chi connectivity index (χ2v) is 6.11. The van der Waals surface area contributed by atoms with Crippen LogP contribution in [0, 0.1) is 11.3 Å². The molecule has 1 aliphatic rings. The van der Waals surface area contributed by atoms with Gasteiger partial charge in [-0.2, -0.15) is 5.26 Å². The molecule has 0 fully saturated rings. The van der Waals surface area contributed by atoms with Crippen LogP contribution in [0.3, 0.4) is 0 Å². The largest absolute Gasteiger partial charge is 0.494 e. The zero-order valence-electron chi connectivity index (χ0n) is 14.8. The number of allylic oxidation sites excluding steroid dienone is 1. The Hall–Kier alpha value is -3.72. The summed E-state index contributed by atoms with van der Waals surface area (Å²) >= 11 is 0. The van der Waals surface area contributed by atoms with Crippen molar-refractivity contribution in [3.05, 3.63) is 77.2 Å². The molecule has 1 aromatic heterocycles. The number of hydrogen-bond acceptors (Lipinski definition) is 5. The molecule has 3 aromatic rings. The highest BCUT2D eigenvalue weighted by Gasteiger charge is 2.35. The number of aromatic amines is 1. The Bertz CT molecular complexity index is 1030. The van der Waals surface area contributed by atoms with Crippen LogP contribution in [0.1, 0.15) is 24.0 Å². The van der Waals surface area contributed by atoms with Crippen LogP contribution in [0.4, 0.5) is 0 Å². The van der Waals surface area contributed by atoms with E-state index in [1.165, 1.54) is 0 Å². The second kappa shape index (κ2) is 6.89. The summed E-state index contributed by atoms with van der Waals surface area (Å²) in [6, 6.07) is 19.7.